The minimum absolute atomic E-state index is 0.406. The van der Waals surface area contributed by atoms with Crippen molar-refractivity contribution < 1.29 is 9.53 Å². The Morgan fingerprint density at radius 1 is 0.857 bits per heavy atom. The first-order valence-electron chi connectivity index (χ1n) is 12.2. The van der Waals surface area contributed by atoms with Gasteiger partial charge in [0.25, 0.3) is 0 Å². The van der Waals surface area contributed by atoms with Crippen LogP contribution in [-0.2, 0) is 19.6 Å². The second-order valence-electron chi connectivity index (χ2n) is 8.99. The van der Waals surface area contributed by atoms with Crippen molar-refractivity contribution in [1.82, 2.24) is 4.57 Å². The third kappa shape index (κ3) is 4.65. The van der Waals surface area contributed by atoms with Gasteiger partial charge in [0.15, 0.2) is 0 Å². The zero-order chi connectivity index (χ0) is 24.2. The van der Waals surface area contributed by atoms with Crippen molar-refractivity contribution in [3.05, 3.63) is 113 Å². The normalized spacial score (nSPS) is 11.2. The van der Waals surface area contributed by atoms with Gasteiger partial charge in [-0.15, -0.1) is 0 Å². The summed E-state index contributed by atoms with van der Waals surface area (Å²) >= 11 is 0. The Balaban J connectivity index is 1.60. The number of fused-ring (bicyclic) bond motifs is 3. The molecule has 1 heterocycles. The third-order valence-electron chi connectivity index (χ3n) is 6.58. The van der Waals surface area contributed by atoms with Crippen LogP contribution >= 0.6 is 0 Å². The highest BCUT2D eigenvalue weighted by Gasteiger charge is 2.18. The first-order valence-corrected chi connectivity index (χ1v) is 12.2. The van der Waals surface area contributed by atoms with Gasteiger partial charge in [0.05, 0.1) is 12.1 Å². The van der Waals surface area contributed by atoms with Crippen LogP contribution in [-0.4, -0.2) is 10.5 Å². The number of primary amides is 1. The van der Waals surface area contributed by atoms with E-state index in [0.29, 0.717) is 18.7 Å². The molecule has 0 atom stereocenters. The second kappa shape index (κ2) is 10.1. The molecule has 1 aromatic heterocycles. The fourth-order valence-electron chi connectivity index (χ4n) is 4.78. The van der Waals surface area contributed by atoms with Crippen LogP contribution in [0.5, 0.6) is 5.75 Å². The van der Waals surface area contributed by atoms with Crippen LogP contribution in [0.15, 0.2) is 91.0 Å². The summed E-state index contributed by atoms with van der Waals surface area (Å²) in [6, 6.07) is 30.7. The third-order valence-corrected chi connectivity index (χ3v) is 6.58. The lowest BCUT2D eigenvalue weighted by molar-refractivity contribution is 0.100. The molecular weight excluding hydrogens is 432 g/mol. The van der Waals surface area contributed by atoms with Gasteiger partial charge in [-0.05, 0) is 48.2 Å². The van der Waals surface area contributed by atoms with Crippen molar-refractivity contribution in [3.8, 4) is 5.75 Å². The van der Waals surface area contributed by atoms with E-state index in [1.807, 2.05) is 48.5 Å². The number of ether oxygens (including phenoxy) is 1. The van der Waals surface area contributed by atoms with Gasteiger partial charge >= 0.3 is 0 Å². The summed E-state index contributed by atoms with van der Waals surface area (Å²) in [5.74, 6) is 0.454. The second-order valence-corrected chi connectivity index (χ2v) is 8.99. The molecule has 0 aliphatic carbocycles. The van der Waals surface area contributed by atoms with E-state index in [1.54, 1.807) is 0 Å². The molecule has 0 fully saturated rings. The first-order chi connectivity index (χ1) is 17.2. The molecule has 0 aliphatic heterocycles. The molecule has 5 aromatic rings. The maximum atomic E-state index is 12.3. The quantitative estimate of drug-likeness (QED) is 0.260. The predicted molar refractivity (Wildman–Crippen MR) is 143 cm³/mol. The molecule has 0 saturated carbocycles. The number of carbonyl (C=O) groups is 1. The van der Waals surface area contributed by atoms with E-state index in [1.165, 1.54) is 5.56 Å². The topological polar surface area (TPSA) is 57.2 Å². The lowest BCUT2D eigenvalue weighted by Gasteiger charge is -2.14. The smallest absolute Gasteiger partial charge is 0.249 e. The summed E-state index contributed by atoms with van der Waals surface area (Å²) in [6.45, 7) is 3.35. The van der Waals surface area contributed by atoms with Crippen molar-refractivity contribution in [2.24, 2.45) is 5.73 Å². The van der Waals surface area contributed by atoms with Gasteiger partial charge < -0.3 is 15.0 Å². The number of amides is 1. The SMILES string of the molecule is CCCCc1ccc2c3c(C(N)=O)cccc3n(Cc3ccccc3OCc3ccccc3)c2c1. The van der Waals surface area contributed by atoms with Gasteiger partial charge in [0, 0.05) is 27.4 Å². The Kier molecular flexibility index (Phi) is 6.53. The van der Waals surface area contributed by atoms with Crippen molar-refractivity contribution in [3.63, 3.8) is 0 Å². The van der Waals surface area contributed by atoms with Crippen molar-refractivity contribution in [1.29, 1.82) is 0 Å². The Hall–Kier alpha value is -4.05. The van der Waals surface area contributed by atoms with Crippen LogP contribution in [0.2, 0.25) is 0 Å². The number of hydrogen-bond donors (Lipinski definition) is 1. The molecule has 4 heteroatoms. The van der Waals surface area contributed by atoms with Crippen molar-refractivity contribution in [2.45, 2.75) is 39.3 Å². The molecule has 2 N–H and O–H groups in total. The summed E-state index contributed by atoms with van der Waals surface area (Å²) < 4.78 is 8.54. The summed E-state index contributed by atoms with van der Waals surface area (Å²) in [6.07, 6.45) is 3.33. The molecule has 35 heavy (non-hydrogen) atoms. The standard InChI is InChI=1S/C31H30N2O2/c1-2-3-10-22-17-18-25-28(19-22)33(27-15-9-14-26(30(25)27)31(32)34)20-24-13-7-8-16-29(24)35-21-23-11-5-4-6-12-23/h4-9,11-19H,2-3,10,20-21H2,1H3,(H2,32,34). The highest BCUT2D eigenvalue weighted by atomic mass is 16.5. The van der Waals surface area contributed by atoms with E-state index in [0.717, 1.165) is 57.9 Å². The highest BCUT2D eigenvalue weighted by Crippen LogP contribution is 2.34. The average Bonchev–Trinajstić information content (AvgIpc) is 3.20. The average molecular weight is 463 g/mol. The molecule has 0 bridgehead atoms. The van der Waals surface area contributed by atoms with Crippen molar-refractivity contribution >= 4 is 27.7 Å². The number of aryl methyl sites for hydroxylation is 1. The van der Waals surface area contributed by atoms with Gasteiger partial charge in [-0.1, -0.05) is 80.1 Å². The van der Waals surface area contributed by atoms with E-state index in [-0.39, 0.29) is 0 Å². The van der Waals surface area contributed by atoms with Gasteiger partial charge in [-0.2, -0.15) is 0 Å². The molecule has 4 aromatic carbocycles. The number of rotatable bonds is 9. The Labute approximate surface area is 205 Å². The van der Waals surface area contributed by atoms with Crippen LogP contribution in [0.3, 0.4) is 0 Å². The van der Waals surface area contributed by atoms with Crippen LogP contribution < -0.4 is 10.5 Å². The van der Waals surface area contributed by atoms with Crippen LogP contribution in [0.4, 0.5) is 0 Å². The lowest BCUT2D eigenvalue weighted by atomic mass is 10.0. The van der Waals surface area contributed by atoms with E-state index < -0.39 is 5.91 Å². The number of unbranched alkanes of at least 4 members (excludes halogenated alkanes) is 1. The van der Waals surface area contributed by atoms with Crippen LogP contribution in [0, 0.1) is 0 Å². The number of para-hydroxylation sites is 1. The molecule has 1 amide bonds. The number of aromatic nitrogens is 1. The molecule has 0 saturated heterocycles. The maximum Gasteiger partial charge on any atom is 0.249 e. The molecule has 0 unspecified atom stereocenters. The Morgan fingerprint density at radius 3 is 2.46 bits per heavy atom. The maximum absolute atomic E-state index is 12.3. The number of nitrogens with zero attached hydrogens (tertiary/aromatic N) is 1. The lowest BCUT2D eigenvalue weighted by Crippen LogP contribution is -2.11. The Bertz CT molecular complexity index is 1480. The van der Waals surface area contributed by atoms with Gasteiger partial charge in [-0.3, -0.25) is 4.79 Å². The van der Waals surface area contributed by atoms with E-state index in [9.17, 15) is 4.79 Å². The van der Waals surface area contributed by atoms with E-state index in [4.69, 9.17) is 10.5 Å². The highest BCUT2D eigenvalue weighted by molar-refractivity contribution is 6.18. The number of hydrogen-bond acceptors (Lipinski definition) is 2. The zero-order valence-electron chi connectivity index (χ0n) is 20.0. The monoisotopic (exact) mass is 462 g/mol. The molecule has 5 rings (SSSR count). The predicted octanol–water partition coefficient (Wildman–Crippen LogP) is 6.86. The summed E-state index contributed by atoms with van der Waals surface area (Å²) in [5, 5.41) is 1.97. The largest absolute Gasteiger partial charge is 0.489 e. The Morgan fingerprint density at radius 2 is 1.66 bits per heavy atom. The molecule has 176 valence electrons. The minimum Gasteiger partial charge on any atom is -0.489 e. The number of carbonyl (C=O) groups excluding carboxylic acids is 1. The fraction of sp³-hybridized carbons (Fsp3) is 0.194. The minimum atomic E-state index is -0.406. The number of nitrogens with two attached hydrogens (primary N) is 1. The fourth-order valence-corrected chi connectivity index (χ4v) is 4.78. The van der Waals surface area contributed by atoms with Crippen LogP contribution in [0.25, 0.3) is 21.8 Å². The molecule has 0 spiro atoms. The number of benzene rings is 4. The van der Waals surface area contributed by atoms with Gasteiger partial charge in [-0.25, -0.2) is 0 Å². The van der Waals surface area contributed by atoms with Crippen LogP contribution in [0.1, 0.15) is 46.8 Å². The summed E-state index contributed by atoms with van der Waals surface area (Å²) in [7, 11) is 0. The molecule has 4 nitrogen and oxygen atoms in total. The van der Waals surface area contributed by atoms with Gasteiger partial charge in [0.2, 0.25) is 5.91 Å². The van der Waals surface area contributed by atoms with E-state index >= 15 is 0 Å². The molecule has 0 aliphatic rings. The molecular formula is C31H30N2O2. The zero-order valence-corrected chi connectivity index (χ0v) is 20.0. The molecule has 0 radical (unpaired) electrons. The summed E-state index contributed by atoms with van der Waals surface area (Å²) in [4.78, 5) is 12.3. The van der Waals surface area contributed by atoms with E-state index in [2.05, 4.69) is 54.0 Å². The van der Waals surface area contributed by atoms with Crippen molar-refractivity contribution in [2.75, 3.05) is 0 Å². The first kappa shape index (κ1) is 22.7. The summed E-state index contributed by atoms with van der Waals surface area (Å²) in [5.41, 5.74) is 12.0. The van der Waals surface area contributed by atoms with Gasteiger partial charge in [0.1, 0.15) is 12.4 Å².